The number of hydrogen-bond donors (Lipinski definition) is 0. The monoisotopic (exact) mass is 748 g/mol. The minimum absolute atomic E-state index is 0.0705. The van der Waals surface area contributed by atoms with Crippen LogP contribution in [0.5, 0.6) is 17.6 Å². The van der Waals surface area contributed by atoms with Gasteiger partial charge in [0.25, 0.3) is 0 Å². The summed E-state index contributed by atoms with van der Waals surface area (Å²) in [5.74, 6) is -0.626. The molecular weight excluding hydrogens is 705 g/mol. The van der Waals surface area contributed by atoms with Gasteiger partial charge in [-0.25, -0.2) is 22.9 Å². The van der Waals surface area contributed by atoms with E-state index in [9.17, 15) is 9.18 Å². The van der Waals surface area contributed by atoms with Gasteiger partial charge in [-0.1, -0.05) is 12.1 Å². The van der Waals surface area contributed by atoms with Crippen LogP contribution in [0, 0.1) is 11.6 Å². The van der Waals surface area contributed by atoms with Crippen LogP contribution in [-0.2, 0) is 9.47 Å². The first-order valence-electron chi connectivity index (χ1n) is 18.6. The molecule has 4 aromatic rings. The van der Waals surface area contributed by atoms with E-state index in [4.69, 9.17) is 33.7 Å². The maximum atomic E-state index is 17.4. The zero-order valence-electron chi connectivity index (χ0n) is 30.7. The largest absolute Gasteiger partial charge is 0.475 e. The lowest BCUT2D eigenvalue weighted by Crippen LogP contribution is -2.63. The molecule has 0 N–H and O–H groups in total. The number of fused-ring (bicyclic) bond motifs is 7. The molecule has 0 radical (unpaired) electrons. The van der Waals surface area contributed by atoms with Gasteiger partial charge in [-0.2, -0.15) is 9.97 Å². The third-order valence-electron chi connectivity index (χ3n) is 11.5. The fourth-order valence-electron chi connectivity index (χ4n) is 9.31. The fourth-order valence-corrected chi connectivity index (χ4v) is 9.31. The minimum atomic E-state index is -0.960. The van der Waals surface area contributed by atoms with Crippen LogP contribution in [0.2, 0.25) is 0 Å². The van der Waals surface area contributed by atoms with E-state index < -0.39 is 41.1 Å². The maximum Gasteiger partial charge on any atom is 0.410 e. The molecule has 0 aliphatic carbocycles. The molecule has 1 amide bonds. The van der Waals surface area contributed by atoms with Crippen molar-refractivity contribution in [3.63, 3.8) is 0 Å². The highest BCUT2D eigenvalue weighted by Crippen LogP contribution is 2.47. The number of benzene rings is 2. The van der Waals surface area contributed by atoms with Gasteiger partial charge >= 0.3 is 12.1 Å². The number of carbonyl (C=O) groups excluding carboxylic acids is 1. The number of anilines is 1. The highest BCUT2D eigenvalue weighted by molar-refractivity contribution is 6.02. The molecule has 54 heavy (non-hydrogen) atoms. The van der Waals surface area contributed by atoms with Gasteiger partial charge in [0.15, 0.2) is 12.6 Å². The molecule has 12 nitrogen and oxygen atoms in total. The second-order valence-corrected chi connectivity index (χ2v) is 16.1. The summed E-state index contributed by atoms with van der Waals surface area (Å²) in [6.07, 6.45) is 2.13. The zero-order valence-corrected chi connectivity index (χ0v) is 30.7. The highest BCUT2D eigenvalue weighted by Gasteiger charge is 2.52. The molecule has 7 heterocycles. The third-order valence-corrected chi connectivity index (χ3v) is 11.5. The van der Waals surface area contributed by atoms with Crippen LogP contribution in [0.4, 0.5) is 23.8 Å². The molecule has 286 valence electrons. The number of halogens is 3. The van der Waals surface area contributed by atoms with Gasteiger partial charge in [-0.3, -0.25) is 9.80 Å². The maximum absolute atomic E-state index is 17.4. The van der Waals surface area contributed by atoms with E-state index in [0.29, 0.717) is 42.9 Å². The lowest BCUT2D eigenvalue weighted by molar-refractivity contribution is 0.00537. The van der Waals surface area contributed by atoms with Crippen LogP contribution in [0.3, 0.4) is 0 Å². The third kappa shape index (κ3) is 5.81. The Kier molecular flexibility index (Phi) is 8.45. The van der Waals surface area contributed by atoms with Crippen LogP contribution in [-0.4, -0.2) is 113 Å². The molecule has 4 saturated heterocycles. The average Bonchev–Trinajstić information content (AvgIpc) is 3.73. The molecule has 15 heteroatoms. The molecule has 4 fully saturated rings. The topological polar surface area (TPSA) is 112 Å². The van der Waals surface area contributed by atoms with Crippen LogP contribution in [0.25, 0.3) is 32.9 Å². The smallest absolute Gasteiger partial charge is 0.410 e. The Morgan fingerprint density at radius 1 is 1.06 bits per heavy atom. The van der Waals surface area contributed by atoms with E-state index in [0.717, 1.165) is 25.8 Å². The van der Waals surface area contributed by atoms with Gasteiger partial charge in [-0.15, -0.1) is 0 Å². The SMILES string of the molecule is COCOc1cc(-c2nc3c4c(nc(OC[C@]56CCCN5C[C@H](F)C6)nc4c2F)N2C[C@H]4CC[C@@H]([C@H]2CO3)N4C(=O)OC(C)(C)C)c2c(F)cccc2c1. The number of hydrogen-bond acceptors (Lipinski definition) is 11. The Hall–Kier alpha value is -4.63. The molecule has 0 saturated carbocycles. The summed E-state index contributed by atoms with van der Waals surface area (Å²) in [4.78, 5) is 33.8. The second kappa shape index (κ2) is 13.0. The summed E-state index contributed by atoms with van der Waals surface area (Å²) >= 11 is 0. The van der Waals surface area contributed by atoms with Gasteiger partial charge in [0.2, 0.25) is 5.88 Å². The number of methoxy groups -OCH3 is 1. The van der Waals surface area contributed by atoms with E-state index in [2.05, 4.69) is 14.8 Å². The Balaban J connectivity index is 1.19. The quantitative estimate of drug-likeness (QED) is 0.196. The van der Waals surface area contributed by atoms with Gasteiger partial charge in [0.1, 0.15) is 59.0 Å². The summed E-state index contributed by atoms with van der Waals surface area (Å²) in [5, 5.41) is 0.862. The number of ether oxygens (including phenoxy) is 5. The molecule has 0 spiro atoms. The molecule has 0 unspecified atom stereocenters. The summed E-state index contributed by atoms with van der Waals surface area (Å²) in [7, 11) is 1.48. The van der Waals surface area contributed by atoms with E-state index in [1.165, 1.54) is 19.2 Å². The van der Waals surface area contributed by atoms with Crippen molar-refractivity contribution in [2.24, 2.45) is 0 Å². The van der Waals surface area contributed by atoms with Crippen molar-refractivity contribution in [2.75, 3.05) is 51.7 Å². The van der Waals surface area contributed by atoms with E-state index >= 15 is 8.78 Å². The molecule has 2 bridgehead atoms. The minimum Gasteiger partial charge on any atom is -0.475 e. The normalized spacial score (nSPS) is 26.1. The van der Waals surface area contributed by atoms with Crippen molar-refractivity contribution in [2.45, 2.75) is 88.3 Å². The number of amides is 1. The van der Waals surface area contributed by atoms with Gasteiger partial charge in [-0.05, 0) is 76.6 Å². The van der Waals surface area contributed by atoms with Crippen LogP contribution < -0.4 is 19.1 Å². The predicted molar refractivity (Wildman–Crippen MR) is 193 cm³/mol. The van der Waals surface area contributed by atoms with Crippen LogP contribution in [0.1, 0.15) is 52.9 Å². The number of aromatic nitrogens is 3. The Morgan fingerprint density at radius 2 is 1.91 bits per heavy atom. The van der Waals surface area contributed by atoms with Crippen molar-refractivity contribution in [1.82, 2.24) is 24.8 Å². The average molecular weight is 749 g/mol. The summed E-state index contributed by atoms with van der Waals surface area (Å²) < 4.78 is 77.2. The number of carbonyl (C=O) groups is 1. The Labute approximate surface area is 310 Å². The van der Waals surface area contributed by atoms with Crippen molar-refractivity contribution >= 4 is 33.6 Å². The van der Waals surface area contributed by atoms with Crippen LogP contribution in [0.15, 0.2) is 30.3 Å². The van der Waals surface area contributed by atoms with Crippen molar-refractivity contribution < 1.29 is 41.7 Å². The molecule has 5 atom stereocenters. The summed E-state index contributed by atoms with van der Waals surface area (Å²) in [5.41, 5.74) is -1.35. The highest BCUT2D eigenvalue weighted by atomic mass is 19.1. The molecule has 2 aromatic heterocycles. The van der Waals surface area contributed by atoms with E-state index in [-0.39, 0.29) is 71.5 Å². The zero-order chi connectivity index (χ0) is 37.5. The first-order chi connectivity index (χ1) is 25.9. The standard InChI is InChI=1S/C39H43F3N6O6/c1-38(2,3)54-37(49)48-23-9-10-27(48)28-18-51-35-30-33(31(42)32(43-35)25-14-24(53-20-50-4)13-21-7-5-8-26(41)29(21)25)44-36(45-34(30)47(28)17-23)52-19-39-11-6-12-46(39)16-22(40)15-39/h5,7-8,13-14,22-23,27-28H,6,9-12,15-20H2,1-4H3/t22-,23-,27+,28-,39-/m1/s1. The molecule has 5 aliphatic heterocycles. The van der Waals surface area contributed by atoms with Gasteiger partial charge in [0, 0.05) is 37.6 Å². The summed E-state index contributed by atoms with van der Waals surface area (Å²) in [6.45, 7) is 7.17. The Morgan fingerprint density at radius 3 is 2.72 bits per heavy atom. The molecule has 9 rings (SSSR count). The lowest BCUT2D eigenvalue weighted by Gasteiger charge is -2.46. The lowest BCUT2D eigenvalue weighted by atomic mass is 9.95. The number of alkyl halides is 1. The Bertz CT molecular complexity index is 2150. The number of nitrogens with zero attached hydrogens (tertiary/aromatic N) is 6. The number of piperazine rings is 1. The molecular formula is C39H43F3N6O6. The first kappa shape index (κ1) is 35.1. The van der Waals surface area contributed by atoms with Crippen molar-refractivity contribution in [3.05, 3.63) is 42.0 Å². The van der Waals surface area contributed by atoms with Crippen LogP contribution >= 0.6 is 0 Å². The predicted octanol–water partition coefficient (Wildman–Crippen LogP) is 6.41. The second-order valence-electron chi connectivity index (χ2n) is 16.1. The molecule has 2 aromatic carbocycles. The van der Waals surface area contributed by atoms with Gasteiger partial charge in [0.05, 0.1) is 23.7 Å². The first-order valence-corrected chi connectivity index (χ1v) is 18.6. The summed E-state index contributed by atoms with van der Waals surface area (Å²) in [6, 6.07) is 6.81. The molecule has 5 aliphatic rings. The number of rotatable bonds is 7. The number of pyridine rings is 1. The fraction of sp³-hybridized carbons (Fsp3) is 0.538. The van der Waals surface area contributed by atoms with Gasteiger partial charge < -0.3 is 28.6 Å². The van der Waals surface area contributed by atoms with Crippen molar-refractivity contribution in [1.29, 1.82) is 0 Å². The van der Waals surface area contributed by atoms with E-state index in [1.54, 1.807) is 18.2 Å². The van der Waals surface area contributed by atoms with Crippen molar-refractivity contribution in [3.8, 4) is 28.9 Å². The van der Waals surface area contributed by atoms with E-state index in [1.807, 2.05) is 25.7 Å².